The molecule has 0 radical (unpaired) electrons. The number of ketones is 2. The molecule has 1 spiro atoms. The Balaban J connectivity index is 1.56. The van der Waals surface area contributed by atoms with Gasteiger partial charge in [-0.15, -0.1) is 0 Å². The molecule has 1 N–H and O–H groups in total. The van der Waals surface area contributed by atoms with E-state index in [9.17, 15) is 9.59 Å². The molecule has 1 saturated heterocycles. The number of ether oxygens (including phenoxy) is 2. The number of hydrogen-bond acceptors (Lipinski definition) is 6. The van der Waals surface area contributed by atoms with E-state index in [0.717, 1.165) is 11.1 Å². The zero-order valence-corrected chi connectivity index (χ0v) is 24.2. The molecule has 1 amide bonds. The number of anilines is 1. The predicted molar refractivity (Wildman–Crippen MR) is 164 cm³/mol. The lowest BCUT2D eigenvalue weighted by molar-refractivity contribution is -0.122. The topological polar surface area (TPSA) is 84.9 Å². The molecule has 4 aromatic rings. The lowest BCUT2D eigenvalue weighted by atomic mass is 9.62. The summed E-state index contributed by atoms with van der Waals surface area (Å²) < 4.78 is 11.1. The van der Waals surface area contributed by atoms with Crippen LogP contribution < -0.4 is 14.8 Å². The molecule has 7 rings (SSSR count). The van der Waals surface area contributed by atoms with Crippen molar-refractivity contribution in [2.24, 2.45) is 5.92 Å². The van der Waals surface area contributed by atoms with Crippen LogP contribution in [-0.4, -0.2) is 42.6 Å². The summed E-state index contributed by atoms with van der Waals surface area (Å²) in [7, 11) is 2.99. The third-order valence-electron chi connectivity index (χ3n) is 8.93. The van der Waals surface area contributed by atoms with Gasteiger partial charge in [-0.25, -0.2) is 0 Å². The highest BCUT2D eigenvalue weighted by Crippen LogP contribution is 2.62. The van der Waals surface area contributed by atoms with Crippen LogP contribution in [0.3, 0.4) is 0 Å². The zero-order valence-electron chi connectivity index (χ0n) is 23.4. The molecule has 3 aliphatic heterocycles. The third-order valence-corrected chi connectivity index (χ3v) is 9.26. The highest BCUT2D eigenvalue weighted by molar-refractivity contribution is 6.34. The van der Waals surface area contributed by atoms with Gasteiger partial charge < -0.3 is 19.7 Å². The fourth-order valence-electron chi connectivity index (χ4n) is 7.16. The Kier molecular flexibility index (Phi) is 6.36. The summed E-state index contributed by atoms with van der Waals surface area (Å²) in [6, 6.07) is 25.2. The Labute approximate surface area is 253 Å². The number of benzene rings is 4. The number of Topliss-reactive ketones (excluding diaryl/α,β-unsaturated/α-hetero) is 2. The highest BCUT2D eigenvalue weighted by atomic mass is 35.5. The van der Waals surface area contributed by atoms with Crippen molar-refractivity contribution in [3.8, 4) is 11.5 Å². The maximum absolute atomic E-state index is 15.1. The van der Waals surface area contributed by atoms with Gasteiger partial charge in [0.1, 0.15) is 23.0 Å². The first kappa shape index (κ1) is 27.0. The van der Waals surface area contributed by atoms with Crippen LogP contribution in [0.15, 0.2) is 97.2 Å². The van der Waals surface area contributed by atoms with Crippen molar-refractivity contribution in [2.45, 2.75) is 17.5 Å². The number of carbonyl (C=O) groups excluding carboxylic acids is 3. The van der Waals surface area contributed by atoms with Gasteiger partial charge in [0.25, 0.3) is 0 Å². The van der Waals surface area contributed by atoms with E-state index in [4.69, 9.17) is 21.1 Å². The van der Waals surface area contributed by atoms with Crippen LogP contribution in [0.25, 0.3) is 6.08 Å². The Morgan fingerprint density at radius 1 is 0.860 bits per heavy atom. The minimum atomic E-state index is -1.47. The Morgan fingerprint density at radius 3 is 2.40 bits per heavy atom. The summed E-state index contributed by atoms with van der Waals surface area (Å²) in [5, 5.41) is 3.33. The van der Waals surface area contributed by atoms with Crippen molar-refractivity contribution >= 4 is 40.8 Å². The summed E-state index contributed by atoms with van der Waals surface area (Å²) >= 11 is 6.59. The summed E-state index contributed by atoms with van der Waals surface area (Å²) in [5.41, 5.74) is 2.06. The van der Waals surface area contributed by atoms with Crippen LogP contribution in [0.1, 0.15) is 43.4 Å². The van der Waals surface area contributed by atoms with Gasteiger partial charge in [0, 0.05) is 17.5 Å². The van der Waals surface area contributed by atoms with Crippen molar-refractivity contribution in [3.05, 3.63) is 130 Å². The van der Waals surface area contributed by atoms with Crippen LogP contribution in [0, 0.1) is 5.92 Å². The van der Waals surface area contributed by atoms with Gasteiger partial charge in [0.2, 0.25) is 5.91 Å². The standard InChI is InChI=1S/C35H27ClN2O5/c1-42-21-15-16-28(43-2)24(19-21)31(39)29-30(32(40)23-11-5-7-13-26(23)36)38-18-17-20-9-3-4-10-22(20)33(38)35(29)25-12-6-8-14-27(25)37-34(35)41/h3-19,29-30,33H,1-2H3,(H,37,41). The SMILES string of the molecule is COc1ccc(OC)c(C(=O)C2C(C(=O)c3ccccc3Cl)N3C=Cc4ccccc4C3C23C(=O)Nc2ccccc23)c1. The van der Waals surface area contributed by atoms with Crippen molar-refractivity contribution in [1.82, 2.24) is 4.90 Å². The van der Waals surface area contributed by atoms with Gasteiger partial charge in [-0.05, 0) is 59.2 Å². The van der Waals surface area contributed by atoms with Crippen molar-refractivity contribution in [3.63, 3.8) is 0 Å². The molecule has 43 heavy (non-hydrogen) atoms. The number of para-hydroxylation sites is 1. The first-order valence-electron chi connectivity index (χ1n) is 13.9. The number of fused-ring (bicyclic) bond motifs is 6. The number of hydrogen-bond donors (Lipinski definition) is 1. The molecule has 0 bridgehead atoms. The predicted octanol–water partition coefficient (Wildman–Crippen LogP) is 6.34. The highest BCUT2D eigenvalue weighted by Gasteiger charge is 2.71. The number of nitrogens with zero attached hydrogens (tertiary/aromatic N) is 1. The molecule has 0 aromatic heterocycles. The molecule has 4 aromatic carbocycles. The molecule has 0 aliphatic carbocycles. The molecule has 3 aliphatic rings. The average molecular weight is 591 g/mol. The van der Waals surface area contributed by atoms with Gasteiger partial charge in [0.15, 0.2) is 11.6 Å². The van der Waals surface area contributed by atoms with Crippen LogP contribution in [0.5, 0.6) is 11.5 Å². The van der Waals surface area contributed by atoms with Gasteiger partial charge in [-0.3, -0.25) is 14.4 Å². The van der Waals surface area contributed by atoms with E-state index in [-0.39, 0.29) is 27.8 Å². The minimum Gasteiger partial charge on any atom is -0.497 e. The fraction of sp³-hybridized carbons (Fsp3) is 0.171. The third kappa shape index (κ3) is 3.78. The van der Waals surface area contributed by atoms with E-state index in [1.165, 1.54) is 14.2 Å². The Morgan fingerprint density at radius 2 is 1.60 bits per heavy atom. The van der Waals surface area contributed by atoms with Crippen molar-refractivity contribution in [1.29, 1.82) is 0 Å². The van der Waals surface area contributed by atoms with E-state index < -0.39 is 29.2 Å². The molecule has 8 heteroatoms. The molecule has 4 atom stereocenters. The second-order valence-electron chi connectivity index (χ2n) is 10.9. The second kappa shape index (κ2) is 10.1. The number of methoxy groups -OCH3 is 2. The molecule has 1 fully saturated rings. The smallest absolute Gasteiger partial charge is 0.238 e. The summed E-state index contributed by atoms with van der Waals surface area (Å²) in [5.74, 6) is -1.51. The van der Waals surface area contributed by atoms with E-state index >= 15 is 4.79 Å². The maximum Gasteiger partial charge on any atom is 0.238 e. The summed E-state index contributed by atoms with van der Waals surface area (Å²) in [6.45, 7) is 0. The number of carbonyl (C=O) groups is 3. The van der Waals surface area contributed by atoms with E-state index in [0.29, 0.717) is 22.7 Å². The molecule has 4 unspecified atom stereocenters. The lowest BCUT2D eigenvalue weighted by Gasteiger charge is -2.38. The summed E-state index contributed by atoms with van der Waals surface area (Å²) in [6.07, 6.45) is 3.75. The van der Waals surface area contributed by atoms with Gasteiger partial charge in [-0.1, -0.05) is 66.2 Å². The Bertz CT molecular complexity index is 1850. The number of rotatable bonds is 6. The molecular formula is C35H27ClN2O5. The average Bonchev–Trinajstić information content (AvgIpc) is 3.52. The van der Waals surface area contributed by atoms with Crippen LogP contribution in [-0.2, 0) is 10.2 Å². The van der Waals surface area contributed by atoms with Crippen molar-refractivity contribution in [2.75, 3.05) is 19.5 Å². The molecule has 214 valence electrons. The normalized spacial score (nSPS) is 22.9. The number of amides is 1. The monoisotopic (exact) mass is 590 g/mol. The Hall–Kier alpha value is -4.88. The van der Waals surface area contributed by atoms with Gasteiger partial charge in [0.05, 0.1) is 36.8 Å². The van der Waals surface area contributed by atoms with Gasteiger partial charge >= 0.3 is 0 Å². The lowest BCUT2D eigenvalue weighted by Crippen LogP contribution is -2.49. The molecule has 3 heterocycles. The maximum atomic E-state index is 15.1. The first-order valence-corrected chi connectivity index (χ1v) is 14.3. The van der Waals surface area contributed by atoms with E-state index in [2.05, 4.69) is 5.32 Å². The van der Waals surface area contributed by atoms with Crippen LogP contribution >= 0.6 is 11.6 Å². The van der Waals surface area contributed by atoms with Crippen LogP contribution in [0.4, 0.5) is 5.69 Å². The van der Waals surface area contributed by atoms with E-state index in [1.54, 1.807) is 42.5 Å². The van der Waals surface area contributed by atoms with Crippen LogP contribution in [0.2, 0.25) is 5.02 Å². The zero-order chi connectivity index (χ0) is 29.9. The summed E-state index contributed by atoms with van der Waals surface area (Å²) in [4.78, 5) is 46.4. The van der Waals surface area contributed by atoms with Gasteiger partial charge in [-0.2, -0.15) is 0 Å². The number of halogens is 1. The van der Waals surface area contributed by atoms with E-state index in [1.807, 2.05) is 65.7 Å². The largest absolute Gasteiger partial charge is 0.497 e. The second-order valence-corrected chi connectivity index (χ2v) is 11.3. The molecular weight excluding hydrogens is 564 g/mol. The quantitative estimate of drug-likeness (QED) is 0.264. The fourth-order valence-corrected chi connectivity index (χ4v) is 7.39. The van der Waals surface area contributed by atoms with Crippen molar-refractivity contribution < 1.29 is 23.9 Å². The molecule has 7 nitrogen and oxygen atoms in total. The first-order chi connectivity index (χ1) is 20.9. The number of nitrogens with one attached hydrogen (secondary N) is 1. The minimum absolute atomic E-state index is 0.220. The molecule has 0 saturated carbocycles.